The maximum Gasteiger partial charge on any atom is 0.100 e. The van der Waals surface area contributed by atoms with E-state index in [1.165, 1.54) is 38.8 Å². The van der Waals surface area contributed by atoms with Crippen molar-refractivity contribution in [3.8, 4) is 0 Å². The average molecular weight is 247 g/mol. The van der Waals surface area contributed by atoms with Gasteiger partial charge in [-0.3, -0.25) is 4.90 Å². The van der Waals surface area contributed by atoms with Crippen molar-refractivity contribution in [3.63, 3.8) is 0 Å². The van der Waals surface area contributed by atoms with E-state index in [-0.39, 0.29) is 6.10 Å². The molecule has 88 valence electrons. The lowest BCUT2D eigenvalue weighted by Gasteiger charge is -2.32. The summed E-state index contributed by atoms with van der Waals surface area (Å²) in [7, 11) is 0. The Hall–Kier alpha value is 0.620. The van der Waals surface area contributed by atoms with Crippen molar-refractivity contribution in [2.75, 3.05) is 13.1 Å². The highest BCUT2D eigenvalue weighted by Crippen LogP contribution is 2.35. The van der Waals surface area contributed by atoms with Crippen LogP contribution in [0.15, 0.2) is 0 Å². The van der Waals surface area contributed by atoms with E-state index < -0.39 is 0 Å². The predicted octanol–water partition coefficient (Wildman–Crippen LogP) is 2.33. The molecule has 2 fully saturated rings. The van der Waals surface area contributed by atoms with Crippen LogP contribution in [0.5, 0.6) is 0 Å². The van der Waals surface area contributed by atoms with E-state index in [4.69, 9.17) is 0 Å². The summed E-state index contributed by atoms with van der Waals surface area (Å²) < 4.78 is 0.297. The fourth-order valence-corrected chi connectivity index (χ4v) is 4.46. The Morgan fingerprint density at radius 3 is 2.47 bits per heavy atom. The fraction of sp³-hybridized carbons (Fsp3) is 1.00. The van der Waals surface area contributed by atoms with E-state index in [2.05, 4.69) is 17.5 Å². The number of likely N-dealkylation sites (tertiary alicyclic amines) is 1. The Bertz CT molecular complexity index is 197. The molecule has 1 saturated carbocycles. The van der Waals surface area contributed by atoms with E-state index in [1.807, 2.05) is 11.8 Å². The SMILES string of the molecule is O[C@H]1CCCC[C@@H]1SC(S)N1CCCC1. The van der Waals surface area contributed by atoms with E-state index in [0.717, 1.165) is 12.8 Å². The van der Waals surface area contributed by atoms with E-state index in [1.54, 1.807) is 0 Å². The molecule has 1 unspecified atom stereocenters. The highest BCUT2D eigenvalue weighted by molar-refractivity contribution is 8.10. The maximum absolute atomic E-state index is 9.89. The number of thioether (sulfide) groups is 1. The quantitative estimate of drug-likeness (QED) is 0.591. The van der Waals surface area contributed by atoms with Crippen molar-refractivity contribution in [2.24, 2.45) is 0 Å². The van der Waals surface area contributed by atoms with Gasteiger partial charge in [-0.1, -0.05) is 12.8 Å². The first-order valence-corrected chi connectivity index (χ1v) is 7.49. The smallest absolute Gasteiger partial charge is 0.100 e. The minimum Gasteiger partial charge on any atom is -0.392 e. The molecule has 1 saturated heterocycles. The number of rotatable bonds is 3. The molecule has 0 spiro atoms. The Balaban J connectivity index is 1.78. The van der Waals surface area contributed by atoms with Gasteiger partial charge in [0.1, 0.15) is 4.71 Å². The summed E-state index contributed by atoms with van der Waals surface area (Å²) in [6.45, 7) is 2.37. The van der Waals surface area contributed by atoms with Gasteiger partial charge < -0.3 is 5.11 Å². The highest BCUT2D eigenvalue weighted by atomic mass is 32.2. The molecule has 0 aromatic heterocycles. The molecule has 4 heteroatoms. The topological polar surface area (TPSA) is 23.5 Å². The van der Waals surface area contributed by atoms with Crippen LogP contribution in [0.25, 0.3) is 0 Å². The van der Waals surface area contributed by atoms with Crippen LogP contribution >= 0.6 is 24.4 Å². The van der Waals surface area contributed by atoms with Gasteiger partial charge in [-0.15, -0.1) is 24.4 Å². The van der Waals surface area contributed by atoms with E-state index >= 15 is 0 Å². The van der Waals surface area contributed by atoms with Crippen LogP contribution in [-0.4, -0.2) is 39.2 Å². The molecule has 0 bridgehead atoms. The molecule has 2 rings (SSSR count). The molecule has 1 heterocycles. The monoisotopic (exact) mass is 247 g/mol. The molecule has 0 aromatic carbocycles. The van der Waals surface area contributed by atoms with Crippen molar-refractivity contribution in [3.05, 3.63) is 0 Å². The molecular weight excluding hydrogens is 226 g/mol. The van der Waals surface area contributed by atoms with Gasteiger partial charge in [0.25, 0.3) is 0 Å². The summed E-state index contributed by atoms with van der Waals surface area (Å²) in [6.07, 6.45) is 7.14. The number of hydrogen-bond acceptors (Lipinski definition) is 4. The Morgan fingerprint density at radius 1 is 1.13 bits per heavy atom. The third-order valence-corrected chi connectivity index (χ3v) is 5.55. The second kappa shape index (κ2) is 5.80. The van der Waals surface area contributed by atoms with Crippen LogP contribution < -0.4 is 0 Å². The second-order valence-corrected chi connectivity index (χ2v) is 6.76. The van der Waals surface area contributed by atoms with Gasteiger partial charge in [0, 0.05) is 18.3 Å². The zero-order valence-corrected chi connectivity index (χ0v) is 10.8. The fourth-order valence-electron chi connectivity index (χ4n) is 2.44. The summed E-state index contributed by atoms with van der Waals surface area (Å²) in [5.41, 5.74) is 0. The van der Waals surface area contributed by atoms with Crippen LogP contribution in [-0.2, 0) is 0 Å². The number of aliphatic hydroxyl groups is 1. The van der Waals surface area contributed by atoms with Crippen LogP contribution in [0.4, 0.5) is 0 Å². The van der Waals surface area contributed by atoms with Gasteiger partial charge in [-0.05, 0) is 25.7 Å². The van der Waals surface area contributed by atoms with Gasteiger partial charge in [-0.2, -0.15) is 0 Å². The molecular formula is C11H21NOS2. The summed E-state index contributed by atoms with van der Waals surface area (Å²) in [5.74, 6) is 0. The van der Waals surface area contributed by atoms with Crippen LogP contribution in [0, 0.1) is 0 Å². The Kier molecular flexibility index (Phi) is 4.68. The number of aliphatic hydroxyl groups excluding tert-OH is 1. The minimum absolute atomic E-state index is 0.0963. The van der Waals surface area contributed by atoms with E-state index in [9.17, 15) is 5.11 Å². The predicted molar refractivity (Wildman–Crippen MR) is 69.4 cm³/mol. The summed E-state index contributed by atoms with van der Waals surface area (Å²) in [6, 6.07) is 0. The standard InChI is InChI=1S/C11H21NOS2/c13-9-5-1-2-6-10(9)15-11(14)12-7-3-4-8-12/h9-11,13-14H,1-8H2/t9-,10-,11?/m0/s1. The van der Waals surface area contributed by atoms with Gasteiger partial charge in [0.05, 0.1) is 6.10 Å². The van der Waals surface area contributed by atoms with Gasteiger partial charge >= 0.3 is 0 Å². The molecule has 2 aliphatic rings. The molecule has 2 nitrogen and oxygen atoms in total. The van der Waals surface area contributed by atoms with Crippen LogP contribution in [0.3, 0.4) is 0 Å². The molecule has 1 aliphatic carbocycles. The zero-order valence-electron chi connectivity index (χ0n) is 9.14. The number of thiol groups is 1. The molecule has 0 amide bonds. The molecule has 0 aromatic rings. The molecule has 0 radical (unpaired) electrons. The Morgan fingerprint density at radius 2 is 1.80 bits per heavy atom. The first-order valence-electron chi connectivity index (χ1n) is 6.03. The number of hydrogen-bond donors (Lipinski definition) is 2. The van der Waals surface area contributed by atoms with Crippen LogP contribution in [0.2, 0.25) is 0 Å². The average Bonchev–Trinajstić information content (AvgIpc) is 2.74. The van der Waals surface area contributed by atoms with Crippen molar-refractivity contribution in [2.45, 2.75) is 54.6 Å². The third kappa shape index (κ3) is 3.29. The number of nitrogens with zero attached hydrogens (tertiary/aromatic N) is 1. The van der Waals surface area contributed by atoms with Crippen molar-refractivity contribution >= 4 is 24.4 Å². The van der Waals surface area contributed by atoms with Crippen LogP contribution in [0.1, 0.15) is 38.5 Å². The lowest BCUT2D eigenvalue weighted by atomic mass is 9.97. The summed E-state index contributed by atoms with van der Waals surface area (Å²) in [5, 5.41) is 10.3. The Labute approximate surface area is 102 Å². The first-order chi connectivity index (χ1) is 7.27. The molecule has 1 N–H and O–H groups in total. The molecule has 1 aliphatic heterocycles. The van der Waals surface area contributed by atoms with Crippen molar-refractivity contribution in [1.29, 1.82) is 0 Å². The van der Waals surface area contributed by atoms with Crippen molar-refractivity contribution in [1.82, 2.24) is 4.90 Å². The first kappa shape index (κ1) is 12.1. The van der Waals surface area contributed by atoms with Gasteiger partial charge in [0.2, 0.25) is 0 Å². The summed E-state index contributed by atoms with van der Waals surface area (Å²) in [4.78, 5) is 2.43. The maximum atomic E-state index is 9.89. The van der Waals surface area contributed by atoms with Gasteiger partial charge in [0.15, 0.2) is 0 Å². The zero-order chi connectivity index (χ0) is 10.7. The molecule has 15 heavy (non-hydrogen) atoms. The summed E-state index contributed by atoms with van der Waals surface area (Å²) >= 11 is 6.52. The largest absolute Gasteiger partial charge is 0.392 e. The minimum atomic E-state index is -0.0963. The van der Waals surface area contributed by atoms with Gasteiger partial charge in [-0.25, -0.2) is 0 Å². The lowest BCUT2D eigenvalue weighted by molar-refractivity contribution is 0.136. The lowest BCUT2D eigenvalue weighted by Crippen LogP contribution is -2.33. The molecule has 3 atom stereocenters. The second-order valence-electron chi connectivity index (χ2n) is 4.60. The highest BCUT2D eigenvalue weighted by Gasteiger charge is 2.28. The third-order valence-electron chi connectivity index (χ3n) is 3.42. The van der Waals surface area contributed by atoms with E-state index in [0.29, 0.717) is 9.96 Å². The normalized spacial score (nSPS) is 35.6. The van der Waals surface area contributed by atoms with Crippen molar-refractivity contribution < 1.29 is 5.11 Å².